The summed E-state index contributed by atoms with van der Waals surface area (Å²) in [5.74, 6) is 0. The molecule has 0 saturated heterocycles. The molecule has 3 rings (SSSR count). The van der Waals surface area contributed by atoms with E-state index >= 15 is 0 Å². The minimum absolute atomic E-state index is 0.0952. The van der Waals surface area contributed by atoms with Crippen molar-refractivity contribution in [2.45, 2.75) is 0 Å². The average Bonchev–Trinajstić information content (AvgIpc) is 2.67. The van der Waals surface area contributed by atoms with E-state index in [1.54, 1.807) is 12.1 Å². The first-order chi connectivity index (χ1) is 12.2. The number of nitro benzene ring substituents is 1. The van der Waals surface area contributed by atoms with Gasteiger partial charge in [-0.2, -0.15) is 0 Å². The quantitative estimate of drug-likeness (QED) is 0.268. The minimum atomic E-state index is -0.401. The first-order valence-electron chi connectivity index (χ1n) is 7.82. The zero-order valence-corrected chi connectivity index (χ0v) is 13.4. The lowest BCUT2D eigenvalue weighted by molar-refractivity contribution is -0.384. The van der Waals surface area contributed by atoms with Crippen molar-refractivity contribution in [3.8, 4) is 0 Å². The lowest BCUT2D eigenvalue weighted by Gasteiger charge is -1.97. The number of benzene rings is 3. The number of rotatable bonds is 5. The number of aliphatic imine (C=N–C) groups is 1. The second-order valence-electron chi connectivity index (χ2n) is 5.44. The molecule has 0 aromatic heterocycles. The fourth-order valence-electron chi connectivity index (χ4n) is 2.26. The van der Waals surface area contributed by atoms with Crippen LogP contribution in [-0.4, -0.2) is 11.1 Å². The SMILES string of the molecule is O=[N+]([O-])c1ccc(/C=C/c2ccc(N=Cc3ccccc3)cc2)cc1. The third kappa shape index (κ3) is 4.72. The van der Waals surface area contributed by atoms with Crippen LogP contribution in [0.25, 0.3) is 12.2 Å². The molecule has 0 N–H and O–H groups in total. The summed E-state index contributed by atoms with van der Waals surface area (Å²) in [4.78, 5) is 14.7. The smallest absolute Gasteiger partial charge is 0.258 e. The van der Waals surface area contributed by atoms with Crippen LogP contribution < -0.4 is 0 Å². The van der Waals surface area contributed by atoms with Crippen LogP contribution in [0, 0.1) is 10.1 Å². The van der Waals surface area contributed by atoms with Crippen molar-refractivity contribution in [1.29, 1.82) is 0 Å². The summed E-state index contributed by atoms with van der Waals surface area (Å²) in [5, 5.41) is 10.6. The van der Waals surface area contributed by atoms with Gasteiger partial charge in [0, 0.05) is 18.3 Å². The van der Waals surface area contributed by atoms with E-state index in [0.29, 0.717) is 0 Å². The van der Waals surface area contributed by atoms with Crippen molar-refractivity contribution in [3.05, 3.63) is 106 Å². The molecule has 0 amide bonds. The monoisotopic (exact) mass is 328 g/mol. The molecule has 122 valence electrons. The summed E-state index contributed by atoms with van der Waals surface area (Å²) in [6.07, 6.45) is 5.72. The molecule has 0 aliphatic carbocycles. The van der Waals surface area contributed by atoms with Crippen molar-refractivity contribution in [1.82, 2.24) is 0 Å². The molecular formula is C21H16N2O2. The molecule has 3 aromatic carbocycles. The maximum atomic E-state index is 10.6. The highest BCUT2D eigenvalue weighted by molar-refractivity contribution is 5.82. The number of hydrogen-bond acceptors (Lipinski definition) is 3. The van der Waals surface area contributed by atoms with Crippen molar-refractivity contribution >= 4 is 29.7 Å². The topological polar surface area (TPSA) is 55.5 Å². The van der Waals surface area contributed by atoms with E-state index in [2.05, 4.69) is 4.99 Å². The Morgan fingerprint density at radius 2 is 1.28 bits per heavy atom. The predicted molar refractivity (Wildman–Crippen MR) is 102 cm³/mol. The van der Waals surface area contributed by atoms with Gasteiger partial charge in [0.15, 0.2) is 0 Å². The maximum absolute atomic E-state index is 10.6. The van der Waals surface area contributed by atoms with E-state index in [1.165, 1.54) is 12.1 Å². The molecule has 0 aliphatic rings. The van der Waals surface area contributed by atoms with E-state index < -0.39 is 4.92 Å². The highest BCUT2D eigenvalue weighted by Gasteiger charge is 2.02. The summed E-state index contributed by atoms with van der Waals surface area (Å²) >= 11 is 0. The van der Waals surface area contributed by atoms with E-state index in [4.69, 9.17) is 0 Å². The molecule has 25 heavy (non-hydrogen) atoms. The van der Waals surface area contributed by atoms with Crippen LogP contribution in [0.15, 0.2) is 83.9 Å². The molecule has 4 heteroatoms. The normalized spacial score (nSPS) is 11.2. The number of nitrogens with zero attached hydrogens (tertiary/aromatic N) is 2. The number of nitro groups is 1. The molecule has 0 bridgehead atoms. The third-order valence-electron chi connectivity index (χ3n) is 3.63. The van der Waals surface area contributed by atoms with Gasteiger partial charge in [0.2, 0.25) is 0 Å². The van der Waals surface area contributed by atoms with E-state index in [1.807, 2.05) is 73.0 Å². The molecule has 0 aliphatic heterocycles. The van der Waals surface area contributed by atoms with Crippen LogP contribution >= 0.6 is 0 Å². The summed E-state index contributed by atoms with van der Waals surface area (Å²) in [5.41, 5.74) is 3.99. The second-order valence-corrected chi connectivity index (χ2v) is 5.44. The average molecular weight is 328 g/mol. The predicted octanol–water partition coefficient (Wildman–Crippen LogP) is 5.52. The van der Waals surface area contributed by atoms with Gasteiger partial charge in [-0.1, -0.05) is 54.6 Å². The highest BCUT2D eigenvalue weighted by atomic mass is 16.6. The van der Waals surface area contributed by atoms with Gasteiger partial charge in [0.1, 0.15) is 0 Å². The zero-order chi connectivity index (χ0) is 17.5. The van der Waals surface area contributed by atoms with Crippen LogP contribution in [-0.2, 0) is 0 Å². The van der Waals surface area contributed by atoms with Crippen LogP contribution in [0.5, 0.6) is 0 Å². The Balaban J connectivity index is 1.66. The molecule has 0 atom stereocenters. The summed E-state index contributed by atoms with van der Waals surface area (Å²) in [6.45, 7) is 0. The Hall–Kier alpha value is -3.53. The van der Waals surface area contributed by atoms with E-state index in [-0.39, 0.29) is 5.69 Å². The summed E-state index contributed by atoms with van der Waals surface area (Å²) in [6, 6.07) is 24.3. The molecular weight excluding hydrogens is 312 g/mol. The van der Waals surface area contributed by atoms with Crippen LogP contribution in [0.3, 0.4) is 0 Å². The Bertz CT molecular complexity index is 897. The highest BCUT2D eigenvalue weighted by Crippen LogP contribution is 2.17. The Morgan fingerprint density at radius 3 is 1.84 bits per heavy atom. The zero-order valence-electron chi connectivity index (χ0n) is 13.4. The Kier molecular flexibility index (Phi) is 5.12. The lowest BCUT2D eigenvalue weighted by atomic mass is 10.1. The maximum Gasteiger partial charge on any atom is 0.269 e. The number of non-ortho nitro benzene ring substituents is 1. The lowest BCUT2D eigenvalue weighted by Crippen LogP contribution is -1.86. The van der Waals surface area contributed by atoms with Crippen molar-refractivity contribution in [3.63, 3.8) is 0 Å². The first-order valence-corrected chi connectivity index (χ1v) is 7.82. The van der Waals surface area contributed by atoms with Crippen LogP contribution in [0.4, 0.5) is 11.4 Å². The van der Waals surface area contributed by atoms with Gasteiger partial charge in [-0.15, -0.1) is 0 Å². The van der Waals surface area contributed by atoms with E-state index in [9.17, 15) is 10.1 Å². The van der Waals surface area contributed by atoms with Gasteiger partial charge in [0.25, 0.3) is 5.69 Å². The standard InChI is InChI=1S/C21H16N2O2/c24-23(25)21-14-10-18(11-15-21)7-6-17-8-12-20(13-9-17)22-16-19-4-2-1-3-5-19/h1-16H/b7-6+,22-16?. The van der Waals surface area contributed by atoms with Crippen molar-refractivity contribution in [2.24, 2.45) is 4.99 Å². The summed E-state index contributed by atoms with van der Waals surface area (Å²) in [7, 11) is 0. The van der Waals surface area contributed by atoms with Gasteiger partial charge in [-0.3, -0.25) is 15.1 Å². The minimum Gasteiger partial charge on any atom is -0.258 e. The van der Waals surface area contributed by atoms with Gasteiger partial charge < -0.3 is 0 Å². The van der Waals surface area contributed by atoms with E-state index in [0.717, 1.165) is 22.4 Å². The van der Waals surface area contributed by atoms with Gasteiger partial charge >= 0.3 is 0 Å². The molecule has 0 saturated carbocycles. The molecule has 0 heterocycles. The number of hydrogen-bond donors (Lipinski definition) is 0. The molecule has 4 nitrogen and oxygen atoms in total. The van der Waals surface area contributed by atoms with Crippen LogP contribution in [0.2, 0.25) is 0 Å². The first kappa shape index (κ1) is 16.3. The molecule has 0 fully saturated rings. The van der Waals surface area contributed by atoms with Gasteiger partial charge in [-0.25, -0.2) is 0 Å². The third-order valence-corrected chi connectivity index (χ3v) is 3.63. The second kappa shape index (κ2) is 7.84. The molecule has 0 radical (unpaired) electrons. The Labute approximate surface area is 145 Å². The molecule has 0 spiro atoms. The molecule has 0 unspecified atom stereocenters. The fourth-order valence-corrected chi connectivity index (χ4v) is 2.26. The summed E-state index contributed by atoms with van der Waals surface area (Å²) < 4.78 is 0. The Morgan fingerprint density at radius 1 is 0.720 bits per heavy atom. The van der Waals surface area contributed by atoms with Crippen molar-refractivity contribution in [2.75, 3.05) is 0 Å². The molecule has 3 aromatic rings. The van der Waals surface area contributed by atoms with Gasteiger partial charge in [-0.05, 0) is 41.0 Å². The largest absolute Gasteiger partial charge is 0.269 e. The fraction of sp³-hybridized carbons (Fsp3) is 0. The van der Waals surface area contributed by atoms with Gasteiger partial charge in [0.05, 0.1) is 10.6 Å². The van der Waals surface area contributed by atoms with Crippen LogP contribution in [0.1, 0.15) is 16.7 Å². The van der Waals surface area contributed by atoms with Crippen molar-refractivity contribution < 1.29 is 4.92 Å².